The van der Waals surface area contributed by atoms with Crippen molar-refractivity contribution in [3.8, 4) is 22.9 Å². The number of amides is 1. The van der Waals surface area contributed by atoms with Crippen molar-refractivity contribution in [1.82, 2.24) is 9.97 Å². The molecule has 0 atom stereocenters. The number of hydrogen-bond donors (Lipinski definition) is 2. The van der Waals surface area contributed by atoms with Crippen LogP contribution in [0.3, 0.4) is 0 Å². The summed E-state index contributed by atoms with van der Waals surface area (Å²) < 4.78 is 10.6. The number of anilines is 1. The van der Waals surface area contributed by atoms with Gasteiger partial charge >= 0.3 is 0 Å². The van der Waals surface area contributed by atoms with Gasteiger partial charge in [0.25, 0.3) is 0 Å². The van der Waals surface area contributed by atoms with Gasteiger partial charge < -0.3 is 19.8 Å². The molecule has 2 N–H and O–H groups in total. The van der Waals surface area contributed by atoms with Crippen LogP contribution >= 0.6 is 0 Å². The number of benzene rings is 2. The summed E-state index contributed by atoms with van der Waals surface area (Å²) in [5, 5.41) is 4.10. The molecule has 1 amide bonds. The van der Waals surface area contributed by atoms with E-state index in [1.165, 1.54) is 5.56 Å². The SMILES string of the molecule is COc1ccc(OC)c(NC(=O)CCCc2c(-c3ccccn3)[nH]c3ccccc23)c1. The summed E-state index contributed by atoms with van der Waals surface area (Å²) in [6.07, 6.45) is 3.65. The molecular weight excluding hydrogens is 390 g/mol. The van der Waals surface area contributed by atoms with Crippen molar-refractivity contribution in [1.29, 1.82) is 0 Å². The molecule has 6 nitrogen and oxygen atoms in total. The van der Waals surface area contributed by atoms with Gasteiger partial charge in [0.2, 0.25) is 5.91 Å². The Hall–Kier alpha value is -3.80. The molecule has 0 saturated carbocycles. The molecule has 0 fully saturated rings. The monoisotopic (exact) mass is 415 g/mol. The van der Waals surface area contributed by atoms with Gasteiger partial charge in [-0.15, -0.1) is 0 Å². The molecule has 0 bridgehead atoms. The summed E-state index contributed by atoms with van der Waals surface area (Å²) in [6, 6.07) is 19.4. The van der Waals surface area contributed by atoms with Crippen LogP contribution in [0.1, 0.15) is 18.4 Å². The van der Waals surface area contributed by atoms with E-state index in [4.69, 9.17) is 9.47 Å². The number of H-pyrrole nitrogens is 1. The molecule has 0 aliphatic rings. The van der Waals surface area contributed by atoms with Crippen molar-refractivity contribution in [2.45, 2.75) is 19.3 Å². The fourth-order valence-electron chi connectivity index (χ4n) is 3.74. The highest BCUT2D eigenvalue weighted by atomic mass is 16.5. The van der Waals surface area contributed by atoms with Crippen LogP contribution in [-0.4, -0.2) is 30.1 Å². The number of aromatic nitrogens is 2. The number of fused-ring (bicyclic) bond motifs is 1. The molecular formula is C25H25N3O3. The van der Waals surface area contributed by atoms with Crippen molar-refractivity contribution in [3.05, 3.63) is 72.4 Å². The first-order valence-electron chi connectivity index (χ1n) is 10.2. The number of aromatic amines is 1. The van der Waals surface area contributed by atoms with Gasteiger partial charge in [-0.05, 0) is 48.7 Å². The van der Waals surface area contributed by atoms with E-state index in [0.717, 1.165) is 28.7 Å². The zero-order chi connectivity index (χ0) is 21.6. The van der Waals surface area contributed by atoms with Crippen LogP contribution in [0.5, 0.6) is 11.5 Å². The van der Waals surface area contributed by atoms with Gasteiger partial charge in [-0.1, -0.05) is 24.3 Å². The lowest BCUT2D eigenvalue weighted by atomic mass is 10.0. The third kappa shape index (κ3) is 4.53. The number of pyridine rings is 1. The van der Waals surface area contributed by atoms with Crippen LogP contribution in [0, 0.1) is 0 Å². The average Bonchev–Trinajstić information content (AvgIpc) is 3.18. The molecule has 0 unspecified atom stereocenters. The van der Waals surface area contributed by atoms with Gasteiger partial charge in [-0.2, -0.15) is 0 Å². The number of para-hydroxylation sites is 1. The number of nitrogens with zero attached hydrogens (tertiary/aromatic N) is 1. The lowest BCUT2D eigenvalue weighted by Crippen LogP contribution is -2.12. The second-order valence-corrected chi connectivity index (χ2v) is 7.21. The fraction of sp³-hybridized carbons (Fsp3) is 0.200. The van der Waals surface area contributed by atoms with E-state index in [2.05, 4.69) is 27.4 Å². The Morgan fingerprint density at radius 2 is 1.87 bits per heavy atom. The first-order valence-corrected chi connectivity index (χ1v) is 10.2. The molecule has 2 aromatic carbocycles. The number of carbonyl (C=O) groups excluding carboxylic acids is 1. The van der Waals surface area contributed by atoms with Crippen LogP contribution in [0.15, 0.2) is 66.9 Å². The number of nitrogens with one attached hydrogen (secondary N) is 2. The highest BCUT2D eigenvalue weighted by Gasteiger charge is 2.15. The Kier molecular flexibility index (Phi) is 6.17. The van der Waals surface area contributed by atoms with E-state index in [1.54, 1.807) is 38.6 Å². The van der Waals surface area contributed by atoms with Gasteiger partial charge in [-0.25, -0.2) is 0 Å². The van der Waals surface area contributed by atoms with Gasteiger partial charge in [0.15, 0.2) is 0 Å². The van der Waals surface area contributed by atoms with Gasteiger partial charge in [0.05, 0.1) is 31.3 Å². The Labute approximate surface area is 181 Å². The lowest BCUT2D eigenvalue weighted by molar-refractivity contribution is -0.116. The van der Waals surface area contributed by atoms with Crippen LogP contribution in [0.2, 0.25) is 0 Å². The second-order valence-electron chi connectivity index (χ2n) is 7.21. The minimum Gasteiger partial charge on any atom is -0.497 e. The maximum atomic E-state index is 12.6. The van der Waals surface area contributed by atoms with E-state index in [-0.39, 0.29) is 5.91 Å². The highest BCUT2D eigenvalue weighted by Crippen LogP contribution is 2.31. The summed E-state index contributed by atoms with van der Waals surface area (Å²) in [7, 11) is 3.17. The van der Waals surface area contributed by atoms with Gasteiger partial charge in [0, 0.05) is 29.6 Å². The molecule has 0 spiro atoms. The van der Waals surface area contributed by atoms with Crippen molar-refractivity contribution in [2.75, 3.05) is 19.5 Å². The van der Waals surface area contributed by atoms with Crippen LogP contribution in [0.25, 0.3) is 22.3 Å². The summed E-state index contributed by atoms with van der Waals surface area (Å²) in [5.41, 5.74) is 4.77. The molecule has 0 saturated heterocycles. The molecule has 0 radical (unpaired) electrons. The van der Waals surface area contributed by atoms with E-state index in [1.807, 2.05) is 30.3 Å². The maximum Gasteiger partial charge on any atom is 0.224 e. The van der Waals surface area contributed by atoms with Crippen LogP contribution < -0.4 is 14.8 Å². The standard InChI is InChI=1S/C25H25N3O3/c1-30-17-13-14-23(31-2)22(16-17)27-24(29)12-7-9-19-18-8-3-4-10-20(18)28-25(19)21-11-5-6-15-26-21/h3-6,8,10-11,13-16,28H,7,9,12H2,1-2H3,(H,27,29). The number of ether oxygens (including phenoxy) is 2. The Bertz CT molecular complexity index is 1190. The molecule has 158 valence electrons. The zero-order valence-corrected chi connectivity index (χ0v) is 17.6. The molecule has 2 heterocycles. The molecule has 6 heteroatoms. The summed E-state index contributed by atoms with van der Waals surface area (Å²) >= 11 is 0. The number of rotatable bonds is 8. The zero-order valence-electron chi connectivity index (χ0n) is 17.6. The summed E-state index contributed by atoms with van der Waals surface area (Å²) in [6.45, 7) is 0. The predicted molar refractivity (Wildman–Crippen MR) is 123 cm³/mol. The Morgan fingerprint density at radius 1 is 1.03 bits per heavy atom. The normalized spacial score (nSPS) is 10.8. The largest absolute Gasteiger partial charge is 0.497 e. The Balaban J connectivity index is 1.48. The van der Waals surface area contributed by atoms with Gasteiger partial charge in [-0.3, -0.25) is 9.78 Å². The first-order chi connectivity index (χ1) is 15.2. The molecule has 0 aliphatic heterocycles. The molecule has 4 aromatic rings. The average molecular weight is 415 g/mol. The first kappa shape index (κ1) is 20.5. The minimum absolute atomic E-state index is 0.0641. The van der Waals surface area contributed by atoms with E-state index >= 15 is 0 Å². The summed E-state index contributed by atoms with van der Waals surface area (Å²) in [4.78, 5) is 20.6. The van der Waals surface area contributed by atoms with Crippen LogP contribution in [-0.2, 0) is 11.2 Å². The van der Waals surface area contributed by atoms with E-state index in [9.17, 15) is 4.79 Å². The van der Waals surface area contributed by atoms with E-state index < -0.39 is 0 Å². The fourth-order valence-corrected chi connectivity index (χ4v) is 3.74. The summed E-state index contributed by atoms with van der Waals surface area (Å²) in [5.74, 6) is 1.20. The topological polar surface area (TPSA) is 76.2 Å². The molecule has 4 rings (SSSR count). The van der Waals surface area contributed by atoms with Crippen molar-refractivity contribution < 1.29 is 14.3 Å². The predicted octanol–water partition coefficient (Wildman–Crippen LogP) is 5.21. The number of carbonyl (C=O) groups is 1. The highest BCUT2D eigenvalue weighted by molar-refractivity contribution is 5.93. The molecule has 2 aromatic heterocycles. The van der Waals surface area contributed by atoms with Crippen LogP contribution in [0.4, 0.5) is 5.69 Å². The smallest absolute Gasteiger partial charge is 0.224 e. The van der Waals surface area contributed by atoms with E-state index in [0.29, 0.717) is 30.0 Å². The third-order valence-electron chi connectivity index (χ3n) is 5.25. The Morgan fingerprint density at radius 3 is 2.65 bits per heavy atom. The number of methoxy groups -OCH3 is 2. The molecule has 31 heavy (non-hydrogen) atoms. The quantitative estimate of drug-likeness (QED) is 0.414. The van der Waals surface area contributed by atoms with Gasteiger partial charge in [0.1, 0.15) is 11.5 Å². The number of hydrogen-bond acceptors (Lipinski definition) is 4. The lowest BCUT2D eigenvalue weighted by Gasteiger charge is -2.12. The maximum absolute atomic E-state index is 12.6. The van der Waals surface area contributed by atoms with Crippen molar-refractivity contribution >= 4 is 22.5 Å². The molecule has 0 aliphatic carbocycles. The number of aryl methyl sites for hydroxylation is 1. The van der Waals surface area contributed by atoms with Crippen molar-refractivity contribution in [2.24, 2.45) is 0 Å². The third-order valence-corrected chi connectivity index (χ3v) is 5.25. The van der Waals surface area contributed by atoms with Crippen molar-refractivity contribution in [3.63, 3.8) is 0 Å². The minimum atomic E-state index is -0.0641. The second kappa shape index (κ2) is 9.34.